The maximum atomic E-state index is 4.63. The molecule has 80 valence electrons. The van der Waals surface area contributed by atoms with Gasteiger partial charge < -0.3 is 5.32 Å². The normalized spacial score (nSPS) is 11.2. The van der Waals surface area contributed by atoms with E-state index in [4.69, 9.17) is 0 Å². The van der Waals surface area contributed by atoms with Gasteiger partial charge in [-0.2, -0.15) is 0 Å². The number of para-hydroxylation sites is 1. The Hall–Kier alpha value is -1.09. The lowest BCUT2D eigenvalue weighted by Gasteiger charge is -2.03. The van der Waals surface area contributed by atoms with Gasteiger partial charge in [0.05, 0.1) is 10.2 Å². The fourth-order valence-corrected chi connectivity index (χ4v) is 2.66. The van der Waals surface area contributed by atoms with Crippen molar-refractivity contribution in [2.45, 2.75) is 33.2 Å². The van der Waals surface area contributed by atoms with Crippen molar-refractivity contribution in [2.24, 2.45) is 0 Å². The smallest absolute Gasteiger partial charge is 0.183 e. The molecule has 2 rings (SSSR count). The molecule has 0 aliphatic carbocycles. The average molecular weight is 220 g/mol. The summed E-state index contributed by atoms with van der Waals surface area (Å²) >= 11 is 1.73. The Balaban J connectivity index is 2.45. The van der Waals surface area contributed by atoms with Gasteiger partial charge in [0.2, 0.25) is 0 Å². The summed E-state index contributed by atoms with van der Waals surface area (Å²) in [5.41, 5.74) is 2.49. The van der Waals surface area contributed by atoms with Crippen LogP contribution in [0.3, 0.4) is 0 Å². The molecule has 0 spiro atoms. The van der Waals surface area contributed by atoms with Gasteiger partial charge in [-0.3, -0.25) is 0 Å². The highest BCUT2D eigenvalue weighted by molar-refractivity contribution is 7.22. The Morgan fingerprint density at radius 1 is 1.40 bits per heavy atom. The lowest BCUT2D eigenvalue weighted by Crippen LogP contribution is -2.08. The van der Waals surface area contributed by atoms with E-state index < -0.39 is 0 Å². The first-order chi connectivity index (χ1) is 7.20. The Morgan fingerprint density at radius 3 is 2.87 bits per heavy atom. The lowest BCUT2D eigenvalue weighted by atomic mass is 10.1. The van der Waals surface area contributed by atoms with E-state index in [-0.39, 0.29) is 0 Å². The van der Waals surface area contributed by atoms with Gasteiger partial charge >= 0.3 is 0 Å². The van der Waals surface area contributed by atoms with E-state index in [2.05, 4.69) is 49.3 Å². The number of rotatable bonds is 3. The number of hydrogen-bond acceptors (Lipinski definition) is 3. The number of thiazole rings is 1. The van der Waals surface area contributed by atoms with Gasteiger partial charge in [0.15, 0.2) is 5.13 Å². The Bertz CT molecular complexity index is 460. The maximum absolute atomic E-state index is 4.63. The summed E-state index contributed by atoms with van der Waals surface area (Å²) in [6, 6.07) is 6.84. The van der Waals surface area contributed by atoms with Crippen molar-refractivity contribution < 1.29 is 0 Å². The quantitative estimate of drug-likeness (QED) is 0.853. The maximum Gasteiger partial charge on any atom is 0.183 e. The van der Waals surface area contributed by atoms with Crippen LogP contribution in [0.5, 0.6) is 0 Å². The molecule has 0 amide bonds. The number of nitrogens with zero attached hydrogens (tertiary/aromatic N) is 1. The summed E-state index contributed by atoms with van der Waals surface area (Å²) in [4.78, 5) is 4.63. The van der Waals surface area contributed by atoms with Gasteiger partial charge in [-0.25, -0.2) is 4.98 Å². The molecule has 3 heteroatoms. The van der Waals surface area contributed by atoms with E-state index in [9.17, 15) is 0 Å². The van der Waals surface area contributed by atoms with Crippen LogP contribution in [0.4, 0.5) is 5.13 Å². The van der Waals surface area contributed by atoms with Crippen molar-refractivity contribution in [1.82, 2.24) is 4.98 Å². The van der Waals surface area contributed by atoms with Gasteiger partial charge in [0.1, 0.15) is 0 Å². The molecule has 0 aliphatic heterocycles. The molecule has 2 aromatic rings. The van der Waals surface area contributed by atoms with Crippen LogP contribution >= 0.6 is 11.3 Å². The molecule has 1 aromatic carbocycles. The van der Waals surface area contributed by atoms with Crippen LogP contribution in [0.1, 0.15) is 26.3 Å². The van der Waals surface area contributed by atoms with Crippen molar-refractivity contribution in [1.29, 1.82) is 0 Å². The second-order valence-electron chi connectivity index (χ2n) is 3.94. The standard InChI is InChI=1S/C12H16N2S/c1-4-9-6-5-7-10-11(9)14-12(15-10)13-8(2)3/h5-8H,4H2,1-3H3,(H,13,14). The zero-order chi connectivity index (χ0) is 10.8. The van der Waals surface area contributed by atoms with Crippen LogP contribution in [0.15, 0.2) is 18.2 Å². The van der Waals surface area contributed by atoms with Crippen molar-refractivity contribution >= 4 is 26.7 Å². The molecule has 0 fully saturated rings. The van der Waals surface area contributed by atoms with Crippen molar-refractivity contribution in [3.63, 3.8) is 0 Å². The fraction of sp³-hybridized carbons (Fsp3) is 0.417. The van der Waals surface area contributed by atoms with Gasteiger partial charge in [0, 0.05) is 6.04 Å². The Morgan fingerprint density at radius 2 is 2.20 bits per heavy atom. The first-order valence-electron chi connectivity index (χ1n) is 5.35. The molecule has 1 aromatic heterocycles. The van der Waals surface area contributed by atoms with Crippen LogP contribution in [-0.4, -0.2) is 11.0 Å². The predicted octanol–water partition coefficient (Wildman–Crippen LogP) is 3.68. The van der Waals surface area contributed by atoms with Crippen LogP contribution in [-0.2, 0) is 6.42 Å². The van der Waals surface area contributed by atoms with E-state index in [1.165, 1.54) is 10.3 Å². The molecule has 0 aliphatic rings. The number of nitrogens with one attached hydrogen (secondary N) is 1. The second kappa shape index (κ2) is 4.19. The van der Waals surface area contributed by atoms with Crippen LogP contribution in [0.2, 0.25) is 0 Å². The molecule has 0 saturated carbocycles. The highest BCUT2D eigenvalue weighted by Gasteiger charge is 2.07. The van der Waals surface area contributed by atoms with Gasteiger partial charge in [-0.05, 0) is 31.9 Å². The molecule has 0 radical (unpaired) electrons. The minimum atomic E-state index is 0.440. The highest BCUT2D eigenvalue weighted by Crippen LogP contribution is 2.28. The molecular weight excluding hydrogens is 204 g/mol. The molecule has 1 N–H and O–H groups in total. The third-order valence-electron chi connectivity index (χ3n) is 2.30. The lowest BCUT2D eigenvalue weighted by molar-refractivity contribution is 0.897. The van der Waals surface area contributed by atoms with Crippen molar-refractivity contribution in [2.75, 3.05) is 5.32 Å². The van der Waals surface area contributed by atoms with E-state index in [0.29, 0.717) is 6.04 Å². The first-order valence-corrected chi connectivity index (χ1v) is 6.17. The summed E-state index contributed by atoms with van der Waals surface area (Å²) in [6.45, 7) is 6.43. The zero-order valence-electron chi connectivity index (χ0n) is 9.37. The van der Waals surface area contributed by atoms with Gasteiger partial charge in [-0.15, -0.1) is 0 Å². The molecule has 2 nitrogen and oxygen atoms in total. The Labute approximate surface area is 94.3 Å². The summed E-state index contributed by atoms with van der Waals surface area (Å²) in [7, 11) is 0. The SMILES string of the molecule is CCc1cccc2sc(NC(C)C)nc12. The van der Waals surface area contributed by atoms with Gasteiger partial charge in [0.25, 0.3) is 0 Å². The molecule has 0 atom stereocenters. The third kappa shape index (κ3) is 2.12. The summed E-state index contributed by atoms with van der Waals surface area (Å²) in [5.74, 6) is 0. The van der Waals surface area contributed by atoms with E-state index in [1.54, 1.807) is 11.3 Å². The topological polar surface area (TPSA) is 24.9 Å². The summed E-state index contributed by atoms with van der Waals surface area (Å²) < 4.78 is 1.28. The van der Waals surface area contributed by atoms with Gasteiger partial charge in [-0.1, -0.05) is 30.4 Å². The van der Waals surface area contributed by atoms with E-state index >= 15 is 0 Å². The number of benzene rings is 1. The summed E-state index contributed by atoms with van der Waals surface area (Å²) in [5, 5.41) is 4.38. The van der Waals surface area contributed by atoms with Crippen LogP contribution < -0.4 is 5.32 Å². The Kier molecular flexibility index (Phi) is 2.91. The largest absolute Gasteiger partial charge is 0.359 e. The molecular formula is C12H16N2S. The van der Waals surface area contributed by atoms with E-state index in [0.717, 1.165) is 17.1 Å². The number of aromatic nitrogens is 1. The average Bonchev–Trinajstić information content (AvgIpc) is 2.58. The number of anilines is 1. The predicted molar refractivity (Wildman–Crippen MR) is 67.8 cm³/mol. The molecule has 15 heavy (non-hydrogen) atoms. The van der Waals surface area contributed by atoms with Crippen LogP contribution in [0, 0.1) is 0 Å². The molecule has 0 saturated heterocycles. The second-order valence-corrected chi connectivity index (χ2v) is 4.97. The highest BCUT2D eigenvalue weighted by atomic mass is 32.1. The molecule has 0 bridgehead atoms. The number of aryl methyl sites for hydroxylation is 1. The monoisotopic (exact) mass is 220 g/mol. The third-order valence-corrected chi connectivity index (χ3v) is 3.25. The minimum Gasteiger partial charge on any atom is -0.359 e. The molecule has 0 unspecified atom stereocenters. The van der Waals surface area contributed by atoms with Crippen molar-refractivity contribution in [3.8, 4) is 0 Å². The fourth-order valence-electron chi connectivity index (χ4n) is 1.60. The minimum absolute atomic E-state index is 0.440. The van der Waals surface area contributed by atoms with E-state index in [1.807, 2.05) is 0 Å². The summed E-state index contributed by atoms with van der Waals surface area (Å²) in [6.07, 6.45) is 1.04. The van der Waals surface area contributed by atoms with Crippen LogP contribution in [0.25, 0.3) is 10.2 Å². The zero-order valence-corrected chi connectivity index (χ0v) is 10.2. The van der Waals surface area contributed by atoms with Crippen molar-refractivity contribution in [3.05, 3.63) is 23.8 Å². The number of hydrogen-bond donors (Lipinski definition) is 1. The molecule has 1 heterocycles. The number of fused-ring (bicyclic) bond motifs is 1. The first kappa shape index (κ1) is 10.4.